The van der Waals surface area contributed by atoms with E-state index in [4.69, 9.17) is 9.15 Å². The fourth-order valence-electron chi connectivity index (χ4n) is 4.70. The first kappa shape index (κ1) is 26.7. The lowest BCUT2D eigenvalue weighted by Crippen LogP contribution is -2.31. The number of nitriles is 1. The number of thioether (sulfide) groups is 1. The molecule has 1 atom stereocenters. The van der Waals surface area contributed by atoms with Gasteiger partial charge >= 0.3 is 0 Å². The Bertz CT molecular complexity index is 1680. The summed E-state index contributed by atoms with van der Waals surface area (Å²) in [6.07, 6.45) is 3.02. The Morgan fingerprint density at radius 1 is 1.02 bits per heavy atom. The highest BCUT2D eigenvalue weighted by Gasteiger charge is 2.35. The molecule has 1 unspecified atom stereocenters. The molecule has 40 heavy (non-hydrogen) atoms. The van der Waals surface area contributed by atoms with Crippen LogP contribution in [0.15, 0.2) is 112 Å². The van der Waals surface area contributed by atoms with Gasteiger partial charge in [-0.05, 0) is 36.6 Å². The van der Waals surface area contributed by atoms with E-state index in [0.717, 1.165) is 16.5 Å². The van der Waals surface area contributed by atoms with Crippen LogP contribution in [-0.2, 0) is 9.59 Å². The lowest BCUT2D eigenvalue weighted by Gasteiger charge is -2.29. The number of allylic oxidation sites excluding steroid dienone is 2. The highest BCUT2D eigenvalue weighted by atomic mass is 32.2. The molecule has 1 aromatic heterocycles. The average Bonchev–Trinajstić information content (AvgIpc) is 3.51. The summed E-state index contributed by atoms with van der Waals surface area (Å²) in [6, 6.07) is 24.7. The number of hydrogen-bond acceptors (Lipinski definition) is 7. The Kier molecular flexibility index (Phi) is 7.89. The van der Waals surface area contributed by atoms with Crippen LogP contribution in [0.2, 0.25) is 0 Å². The van der Waals surface area contributed by atoms with Crippen LogP contribution in [-0.4, -0.2) is 24.7 Å². The number of fused-ring (bicyclic) bond motifs is 1. The first-order valence-corrected chi connectivity index (χ1v) is 13.5. The van der Waals surface area contributed by atoms with Crippen LogP contribution in [0, 0.1) is 11.3 Å². The quantitative estimate of drug-likeness (QED) is 0.241. The van der Waals surface area contributed by atoms with Gasteiger partial charge in [0, 0.05) is 27.9 Å². The molecule has 1 aliphatic rings. The van der Waals surface area contributed by atoms with Crippen molar-refractivity contribution in [2.24, 2.45) is 0 Å². The molecule has 8 nitrogen and oxygen atoms in total. The number of carbonyl (C=O) groups excluding carboxylic acids is 2. The number of carbonyl (C=O) groups is 2. The molecular weight excluding hydrogens is 524 g/mol. The highest BCUT2D eigenvalue weighted by Crippen LogP contribution is 2.41. The topological polar surface area (TPSA) is 116 Å². The molecule has 0 spiro atoms. The SMILES string of the molecule is COc1ccccc1NC(=O)C1=C(C)NC(SCC(=O)Nc2cccc3ccccc23)=C(C#N)C1c1ccoc1. The van der Waals surface area contributed by atoms with Crippen LogP contribution in [0.4, 0.5) is 11.4 Å². The molecule has 1 aliphatic heterocycles. The minimum Gasteiger partial charge on any atom is -0.495 e. The zero-order chi connectivity index (χ0) is 28.1. The van der Waals surface area contributed by atoms with Gasteiger partial charge in [-0.1, -0.05) is 60.3 Å². The second kappa shape index (κ2) is 11.8. The van der Waals surface area contributed by atoms with Crippen LogP contribution in [0.3, 0.4) is 0 Å². The van der Waals surface area contributed by atoms with Gasteiger partial charge in [0.1, 0.15) is 5.75 Å². The van der Waals surface area contributed by atoms with E-state index >= 15 is 0 Å². The zero-order valence-corrected chi connectivity index (χ0v) is 22.7. The molecule has 9 heteroatoms. The summed E-state index contributed by atoms with van der Waals surface area (Å²) in [5.74, 6) is -0.712. The van der Waals surface area contributed by atoms with Crippen molar-refractivity contribution in [2.45, 2.75) is 12.8 Å². The second-order valence-corrected chi connectivity index (χ2v) is 10.0. The molecule has 0 radical (unpaired) electrons. The molecule has 0 saturated carbocycles. The number of anilines is 2. The largest absolute Gasteiger partial charge is 0.495 e. The maximum Gasteiger partial charge on any atom is 0.254 e. The first-order valence-electron chi connectivity index (χ1n) is 12.5. The van der Waals surface area contributed by atoms with Crippen LogP contribution >= 0.6 is 11.8 Å². The molecule has 0 bridgehead atoms. The third kappa shape index (κ3) is 5.44. The van der Waals surface area contributed by atoms with Gasteiger partial charge in [0.25, 0.3) is 5.91 Å². The third-order valence-corrected chi connectivity index (χ3v) is 7.55. The predicted molar refractivity (Wildman–Crippen MR) is 157 cm³/mol. The van der Waals surface area contributed by atoms with Gasteiger partial charge in [0.2, 0.25) is 5.91 Å². The van der Waals surface area contributed by atoms with Gasteiger partial charge in [-0.25, -0.2) is 0 Å². The van der Waals surface area contributed by atoms with E-state index in [9.17, 15) is 14.9 Å². The van der Waals surface area contributed by atoms with E-state index in [1.165, 1.54) is 31.4 Å². The van der Waals surface area contributed by atoms with Crippen LogP contribution < -0.4 is 20.7 Å². The predicted octanol–water partition coefficient (Wildman–Crippen LogP) is 6.15. The van der Waals surface area contributed by atoms with Gasteiger partial charge in [-0.2, -0.15) is 5.26 Å². The van der Waals surface area contributed by atoms with Crippen molar-refractivity contribution in [3.05, 3.63) is 113 Å². The number of furan rings is 1. The van der Waals surface area contributed by atoms with E-state index in [1.807, 2.05) is 48.5 Å². The summed E-state index contributed by atoms with van der Waals surface area (Å²) in [4.78, 5) is 26.6. The molecule has 2 heterocycles. The maximum atomic E-state index is 13.6. The van der Waals surface area contributed by atoms with Gasteiger partial charge < -0.3 is 25.1 Å². The highest BCUT2D eigenvalue weighted by molar-refractivity contribution is 8.03. The normalized spacial score (nSPS) is 14.9. The lowest BCUT2D eigenvalue weighted by atomic mass is 9.83. The number of benzene rings is 3. The number of para-hydroxylation sites is 2. The Balaban J connectivity index is 1.39. The molecule has 3 aromatic carbocycles. The van der Waals surface area contributed by atoms with E-state index < -0.39 is 5.92 Å². The van der Waals surface area contributed by atoms with Crippen molar-refractivity contribution in [1.29, 1.82) is 5.26 Å². The fourth-order valence-corrected chi connectivity index (χ4v) is 5.59. The molecular formula is C31H26N4O4S. The number of ether oxygens (including phenoxy) is 1. The number of nitrogens with one attached hydrogen (secondary N) is 3. The van der Waals surface area contributed by atoms with Crippen molar-refractivity contribution in [2.75, 3.05) is 23.5 Å². The van der Waals surface area contributed by atoms with Crippen LogP contribution in [0.1, 0.15) is 18.4 Å². The minimum atomic E-state index is -0.691. The molecule has 3 N–H and O–H groups in total. The molecule has 4 aromatic rings. The molecule has 2 amide bonds. The molecule has 200 valence electrons. The molecule has 0 fully saturated rings. The smallest absolute Gasteiger partial charge is 0.254 e. The molecule has 0 saturated heterocycles. The second-order valence-electron chi connectivity index (χ2n) is 9.03. The van der Waals surface area contributed by atoms with Crippen LogP contribution in [0.5, 0.6) is 5.75 Å². The summed E-state index contributed by atoms with van der Waals surface area (Å²) >= 11 is 1.21. The van der Waals surface area contributed by atoms with E-state index in [1.54, 1.807) is 31.2 Å². The van der Waals surface area contributed by atoms with Crippen molar-refractivity contribution >= 4 is 45.7 Å². The third-order valence-electron chi connectivity index (χ3n) is 6.54. The summed E-state index contributed by atoms with van der Waals surface area (Å²) in [5, 5.41) is 21.8. The summed E-state index contributed by atoms with van der Waals surface area (Å²) < 4.78 is 10.7. The average molecular weight is 551 g/mol. The Labute approximate surface area is 235 Å². The number of rotatable bonds is 8. The molecule has 0 aliphatic carbocycles. The van der Waals surface area contributed by atoms with E-state index in [-0.39, 0.29) is 17.6 Å². The van der Waals surface area contributed by atoms with Crippen molar-refractivity contribution in [3.63, 3.8) is 0 Å². The minimum absolute atomic E-state index is 0.0604. The number of nitrogens with zero attached hydrogens (tertiary/aromatic N) is 1. The van der Waals surface area contributed by atoms with Gasteiger partial charge in [0.05, 0.1) is 53.7 Å². The summed E-state index contributed by atoms with van der Waals surface area (Å²) in [7, 11) is 1.53. The van der Waals surface area contributed by atoms with Gasteiger partial charge in [0.15, 0.2) is 0 Å². The summed E-state index contributed by atoms with van der Waals surface area (Å²) in [6.45, 7) is 1.77. The van der Waals surface area contributed by atoms with Crippen molar-refractivity contribution in [3.8, 4) is 11.8 Å². The first-order chi connectivity index (χ1) is 19.5. The fraction of sp³-hybridized carbons (Fsp3) is 0.129. The monoisotopic (exact) mass is 550 g/mol. The standard InChI is InChI=1S/C31H26N4O4S/c1-19-28(30(37)35-25-11-5-6-13-26(25)38-2)29(21-14-15-39-17-21)23(16-32)31(33-19)40-18-27(36)34-24-12-7-9-20-8-3-4-10-22(20)24/h3-15,17,29,33H,18H2,1-2H3,(H,34,36)(H,35,37). The van der Waals surface area contributed by atoms with Crippen LogP contribution in [0.25, 0.3) is 10.8 Å². The Morgan fingerprint density at radius 3 is 2.55 bits per heavy atom. The van der Waals surface area contributed by atoms with Gasteiger partial charge in [-0.3, -0.25) is 9.59 Å². The lowest BCUT2D eigenvalue weighted by molar-refractivity contribution is -0.114. The number of hydrogen-bond donors (Lipinski definition) is 3. The van der Waals surface area contributed by atoms with E-state index in [0.29, 0.717) is 38.9 Å². The Hall–Kier alpha value is -4.94. The summed E-state index contributed by atoms with van der Waals surface area (Å²) in [5.41, 5.74) is 3.13. The maximum absolute atomic E-state index is 13.6. The van der Waals surface area contributed by atoms with E-state index in [2.05, 4.69) is 22.0 Å². The molecule has 5 rings (SSSR count). The number of methoxy groups -OCH3 is 1. The zero-order valence-electron chi connectivity index (χ0n) is 21.9. The Morgan fingerprint density at radius 2 is 1.77 bits per heavy atom. The van der Waals surface area contributed by atoms with Crippen molar-refractivity contribution < 1.29 is 18.7 Å². The number of amides is 2. The van der Waals surface area contributed by atoms with Gasteiger partial charge in [-0.15, -0.1) is 0 Å². The van der Waals surface area contributed by atoms with Crippen molar-refractivity contribution in [1.82, 2.24) is 5.32 Å². The number of dihydropyridines is 1.